The molecule has 5 nitrogen and oxygen atoms in total. The van der Waals surface area contributed by atoms with E-state index in [1.165, 1.54) is 12.1 Å². The summed E-state index contributed by atoms with van der Waals surface area (Å²) in [7, 11) is 0. The lowest BCUT2D eigenvalue weighted by molar-refractivity contribution is -0.123. The molecule has 0 aliphatic rings. The molecule has 30 heavy (non-hydrogen) atoms. The first-order valence-corrected chi connectivity index (χ1v) is 10.2. The summed E-state index contributed by atoms with van der Waals surface area (Å²) in [5, 5.41) is 9.56. The summed E-state index contributed by atoms with van der Waals surface area (Å²) in [6.45, 7) is 3.68. The Morgan fingerprint density at radius 1 is 0.967 bits per heavy atom. The van der Waals surface area contributed by atoms with E-state index in [1.54, 1.807) is 12.3 Å². The second-order valence-corrected chi connectivity index (χ2v) is 7.94. The smallest absolute Gasteiger partial charge is 0.262 e. The van der Waals surface area contributed by atoms with Crippen molar-refractivity contribution in [3.63, 3.8) is 0 Å². The number of fused-ring (bicyclic) bond motifs is 1. The van der Waals surface area contributed by atoms with Gasteiger partial charge in [0.25, 0.3) is 11.8 Å². The Labute approximate surface area is 185 Å². The quantitative estimate of drug-likeness (QED) is 0.414. The zero-order chi connectivity index (χ0) is 21.7. The summed E-state index contributed by atoms with van der Waals surface area (Å²) < 4.78 is 0. The number of halogens is 2. The number of hydrazone groups is 1. The van der Waals surface area contributed by atoms with Gasteiger partial charge in [0.05, 0.1) is 16.3 Å². The third-order valence-corrected chi connectivity index (χ3v) is 5.36. The first-order valence-electron chi connectivity index (χ1n) is 9.43. The van der Waals surface area contributed by atoms with Crippen LogP contribution >= 0.6 is 23.2 Å². The van der Waals surface area contributed by atoms with E-state index < -0.39 is 17.9 Å². The Bertz CT molecular complexity index is 1110. The Morgan fingerprint density at radius 3 is 2.43 bits per heavy atom. The third-order valence-electron chi connectivity index (χ3n) is 4.62. The van der Waals surface area contributed by atoms with E-state index in [2.05, 4.69) is 15.8 Å². The number of carbonyl (C=O) groups excluding carboxylic acids is 2. The van der Waals surface area contributed by atoms with Crippen molar-refractivity contribution < 1.29 is 9.59 Å². The summed E-state index contributed by atoms with van der Waals surface area (Å²) in [6.07, 6.45) is 1.60. The Kier molecular flexibility index (Phi) is 7.08. The number of nitrogens with one attached hydrogen (secondary N) is 2. The number of amides is 2. The predicted octanol–water partition coefficient (Wildman–Crippen LogP) is 5.05. The number of rotatable bonds is 6. The van der Waals surface area contributed by atoms with Crippen LogP contribution in [0.4, 0.5) is 0 Å². The lowest BCUT2D eigenvalue weighted by Gasteiger charge is -2.20. The molecule has 3 aromatic rings. The van der Waals surface area contributed by atoms with Crippen LogP contribution in [0.2, 0.25) is 10.0 Å². The monoisotopic (exact) mass is 441 g/mol. The molecule has 0 saturated carbocycles. The van der Waals surface area contributed by atoms with Crippen molar-refractivity contribution in [2.75, 3.05) is 0 Å². The minimum Gasteiger partial charge on any atom is -0.340 e. The molecule has 3 aromatic carbocycles. The molecule has 1 unspecified atom stereocenters. The maximum absolute atomic E-state index is 12.6. The topological polar surface area (TPSA) is 70.6 Å². The lowest BCUT2D eigenvalue weighted by atomic mass is 10.0. The van der Waals surface area contributed by atoms with Gasteiger partial charge < -0.3 is 5.32 Å². The van der Waals surface area contributed by atoms with Gasteiger partial charge in [-0.1, -0.05) is 79.5 Å². The van der Waals surface area contributed by atoms with Gasteiger partial charge in [0.2, 0.25) is 0 Å². The summed E-state index contributed by atoms with van der Waals surface area (Å²) in [5.74, 6) is -0.972. The molecule has 1 atom stereocenters. The van der Waals surface area contributed by atoms with E-state index in [9.17, 15) is 9.59 Å². The van der Waals surface area contributed by atoms with Gasteiger partial charge in [-0.2, -0.15) is 5.10 Å². The van der Waals surface area contributed by atoms with Gasteiger partial charge in [0, 0.05) is 11.1 Å². The maximum atomic E-state index is 12.6. The molecule has 0 fully saturated rings. The summed E-state index contributed by atoms with van der Waals surface area (Å²) in [6, 6.07) is 17.6. The lowest BCUT2D eigenvalue weighted by Crippen LogP contribution is -2.48. The second-order valence-electron chi connectivity index (χ2n) is 7.13. The van der Waals surface area contributed by atoms with Crippen LogP contribution in [-0.2, 0) is 4.79 Å². The first kappa shape index (κ1) is 21.8. The van der Waals surface area contributed by atoms with E-state index in [-0.39, 0.29) is 10.9 Å². The highest BCUT2D eigenvalue weighted by Crippen LogP contribution is 2.22. The minimum atomic E-state index is -0.767. The normalized spacial score (nSPS) is 12.3. The van der Waals surface area contributed by atoms with Crippen LogP contribution in [0.1, 0.15) is 29.8 Å². The van der Waals surface area contributed by atoms with Crippen LogP contribution in [0.5, 0.6) is 0 Å². The average Bonchev–Trinajstić information content (AvgIpc) is 2.73. The van der Waals surface area contributed by atoms with Gasteiger partial charge in [-0.25, -0.2) is 5.43 Å². The molecule has 0 saturated heterocycles. The molecule has 2 amide bonds. The number of nitrogens with zero attached hydrogens (tertiary/aromatic N) is 1. The van der Waals surface area contributed by atoms with E-state index in [4.69, 9.17) is 23.2 Å². The van der Waals surface area contributed by atoms with Gasteiger partial charge in [-0.15, -0.1) is 0 Å². The zero-order valence-corrected chi connectivity index (χ0v) is 18.0. The van der Waals surface area contributed by atoms with Gasteiger partial charge in [-0.05, 0) is 34.9 Å². The Balaban J connectivity index is 1.70. The van der Waals surface area contributed by atoms with Crippen molar-refractivity contribution in [1.82, 2.24) is 10.7 Å². The zero-order valence-electron chi connectivity index (χ0n) is 16.5. The predicted molar refractivity (Wildman–Crippen MR) is 122 cm³/mol. The molecule has 7 heteroatoms. The molecular weight excluding hydrogens is 421 g/mol. The molecular formula is C23H21Cl2N3O2. The molecule has 0 aromatic heterocycles. The van der Waals surface area contributed by atoms with Crippen molar-refractivity contribution in [1.29, 1.82) is 0 Å². The Morgan fingerprint density at radius 2 is 1.70 bits per heavy atom. The highest BCUT2D eigenvalue weighted by Gasteiger charge is 2.24. The highest BCUT2D eigenvalue weighted by atomic mass is 35.5. The molecule has 0 bridgehead atoms. The van der Waals surface area contributed by atoms with Crippen molar-refractivity contribution in [2.24, 2.45) is 11.0 Å². The molecule has 154 valence electrons. The standard InChI is InChI=1S/C23H21Cl2N3O2/c1-14(2)21(27-22(29)16-10-11-19(24)20(25)12-16)23(30)28-26-13-17-8-5-7-15-6-3-4-9-18(15)17/h3-14,21H,1-2H3,(H,27,29)(H,28,30). The average molecular weight is 442 g/mol. The molecule has 2 N–H and O–H groups in total. The SMILES string of the molecule is CC(C)C(NC(=O)c1ccc(Cl)c(Cl)c1)C(=O)NN=Cc1cccc2ccccc12. The fourth-order valence-corrected chi connectivity index (χ4v) is 3.29. The minimum absolute atomic E-state index is 0.149. The van der Waals surface area contributed by atoms with Gasteiger partial charge in [0.1, 0.15) is 6.04 Å². The molecule has 0 heterocycles. The molecule has 0 aliphatic carbocycles. The fraction of sp³-hybridized carbons (Fsp3) is 0.174. The summed E-state index contributed by atoms with van der Waals surface area (Å²) in [4.78, 5) is 25.2. The molecule has 0 radical (unpaired) electrons. The second kappa shape index (κ2) is 9.74. The van der Waals surface area contributed by atoms with Crippen LogP contribution in [0.15, 0.2) is 65.8 Å². The van der Waals surface area contributed by atoms with E-state index in [0.29, 0.717) is 10.6 Å². The maximum Gasteiger partial charge on any atom is 0.262 e. The van der Waals surface area contributed by atoms with E-state index in [0.717, 1.165) is 16.3 Å². The number of carbonyl (C=O) groups is 2. The van der Waals surface area contributed by atoms with Crippen LogP contribution in [0.25, 0.3) is 10.8 Å². The molecule has 0 spiro atoms. The van der Waals surface area contributed by atoms with E-state index >= 15 is 0 Å². The van der Waals surface area contributed by atoms with Crippen molar-refractivity contribution in [3.05, 3.63) is 81.8 Å². The summed E-state index contributed by atoms with van der Waals surface area (Å²) in [5.41, 5.74) is 3.73. The molecule has 3 rings (SSSR count). The van der Waals surface area contributed by atoms with Crippen LogP contribution in [0, 0.1) is 5.92 Å². The van der Waals surface area contributed by atoms with Crippen LogP contribution in [0.3, 0.4) is 0 Å². The fourth-order valence-electron chi connectivity index (χ4n) is 2.99. The van der Waals surface area contributed by atoms with Crippen molar-refractivity contribution in [2.45, 2.75) is 19.9 Å². The summed E-state index contributed by atoms with van der Waals surface area (Å²) >= 11 is 11.9. The van der Waals surface area contributed by atoms with Crippen LogP contribution < -0.4 is 10.7 Å². The van der Waals surface area contributed by atoms with Crippen molar-refractivity contribution >= 4 is 52.0 Å². The first-order chi connectivity index (χ1) is 14.4. The highest BCUT2D eigenvalue weighted by molar-refractivity contribution is 6.42. The third kappa shape index (κ3) is 5.17. The van der Waals surface area contributed by atoms with E-state index in [1.807, 2.05) is 56.3 Å². The van der Waals surface area contributed by atoms with Gasteiger partial charge >= 0.3 is 0 Å². The number of hydrogen-bond acceptors (Lipinski definition) is 3. The van der Waals surface area contributed by atoms with Gasteiger partial charge in [-0.3, -0.25) is 9.59 Å². The van der Waals surface area contributed by atoms with Crippen LogP contribution in [-0.4, -0.2) is 24.1 Å². The van der Waals surface area contributed by atoms with Gasteiger partial charge in [0.15, 0.2) is 0 Å². The Hall–Kier alpha value is -2.89. The van der Waals surface area contributed by atoms with Crippen molar-refractivity contribution in [3.8, 4) is 0 Å². The molecule has 0 aliphatic heterocycles. The largest absolute Gasteiger partial charge is 0.340 e. The number of hydrogen-bond donors (Lipinski definition) is 2. The number of benzene rings is 3.